The third kappa shape index (κ3) is 2.97. The molecule has 0 amide bonds. The lowest BCUT2D eigenvalue weighted by Crippen LogP contribution is -2.62. The number of hydrogen-bond donors (Lipinski definition) is 2. The van der Waals surface area contributed by atoms with Gasteiger partial charge in [-0.3, -0.25) is 4.55 Å². The molecule has 0 radical (unpaired) electrons. The second-order valence-electron chi connectivity index (χ2n) is 2.85. The molecule has 0 fully saturated rings. The van der Waals surface area contributed by atoms with Gasteiger partial charge < -0.3 is 0 Å². The minimum absolute atomic E-state index is 0.0317. The molecule has 0 rings (SSSR count). The van der Waals surface area contributed by atoms with Gasteiger partial charge in [0, 0.05) is 0 Å². The van der Waals surface area contributed by atoms with Crippen molar-refractivity contribution >= 4 is 21.3 Å². The lowest BCUT2D eigenvalue weighted by atomic mass is 10.2. The molecule has 0 heterocycles. The fraction of sp³-hybridized carbons (Fsp3) is 1.00. The lowest BCUT2D eigenvalue weighted by Gasteiger charge is -2.31. The van der Waals surface area contributed by atoms with Gasteiger partial charge in [0.05, 0.1) is 0 Å². The number of sulfonamides is 1. The van der Waals surface area contributed by atoms with Crippen molar-refractivity contribution in [2.75, 3.05) is 0 Å². The highest BCUT2D eigenvalue weighted by Crippen LogP contribution is 2.50. The van der Waals surface area contributed by atoms with Crippen LogP contribution in [-0.4, -0.2) is 40.7 Å². The second kappa shape index (κ2) is 5.10. The van der Waals surface area contributed by atoms with Crippen LogP contribution in [-0.2, 0) is 21.3 Å². The predicted molar refractivity (Wildman–Crippen MR) is 43.7 cm³/mol. The van der Waals surface area contributed by atoms with Crippen LogP contribution in [0.25, 0.3) is 0 Å². The largest absolute Gasteiger partial charge is 0.428 e. The summed E-state index contributed by atoms with van der Waals surface area (Å²) in [6, 6.07) is 0. The van der Waals surface area contributed by atoms with E-state index in [9.17, 15) is 47.8 Å². The highest BCUT2D eigenvalue weighted by molar-refractivity contribution is 8.00. The summed E-state index contributed by atoms with van der Waals surface area (Å²) in [4.78, 5) is 0. The van der Waals surface area contributed by atoms with Gasteiger partial charge in [-0.1, -0.05) is 0 Å². The molecule has 1 atom stereocenters. The zero-order valence-corrected chi connectivity index (χ0v) is 9.72. The molecule has 0 aromatic carbocycles. The first-order valence-corrected chi connectivity index (χ1v) is 6.24. The minimum atomic E-state index is -7.03. The van der Waals surface area contributed by atoms with Crippen LogP contribution in [0.5, 0.6) is 0 Å². The van der Waals surface area contributed by atoms with E-state index in [0.717, 1.165) is 0 Å². The molecule has 0 saturated carbocycles. The summed E-state index contributed by atoms with van der Waals surface area (Å²) in [5.74, 6) is -13.7. The van der Waals surface area contributed by atoms with E-state index in [-0.39, 0.29) is 4.13 Å². The summed E-state index contributed by atoms with van der Waals surface area (Å²) in [5.41, 5.74) is 0. The zero-order valence-electron chi connectivity index (χ0n) is 8.09. The van der Waals surface area contributed by atoms with Crippen molar-refractivity contribution in [3.05, 3.63) is 0 Å². The van der Waals surface area contributed by atoms with E-state index in [2.05, 4.69) is 0 Å². The molecule has 0 spiro atoms. The maximum atomic E-state index is 12.7. The molecule has 0 aromatic heterocycles. The van der Waals surface area contributed by atoms with Crippen LogP contribution in [0.4, 0.5) is 35.1 Å². The molecule has 0 bridgehead atoms. The minimum Gasteiger partial charge on any atom is -0.293 e. The highest BCUT2D eigenvalue weighted by Gasteiger charge is 2.80. The first-order chi connectivity index (χ1) is 8.11. The third-order valence-electron chi connectivity index (χ3n) is 1.58. The van der Waals surface area contributed by atoms with E-state index < -0.39 is 44.8 Å². The molecule has 0 aromatic rings. The van der Waals surface area contributed by atoms with Crippen LogP contribution in [0.2, 0.25) is 0 Å². The van der Waals surface area contributed by atoms with Crippen LogP contribution in [0.1, 0.15) is 0 Å². The average Bonchev–Trinajstić information content (AvgIpc) is 2.14. The smallest absolute Gasteiger partial charge is 0.293 e. The fourth-order valence-corrected chi connectivity index (χ4v) is 2.29. The van der Waals surface area contributed by atoms with Crippen molar-refractivity contribution in [2.24, 2.45) is 0 Å². The summed E-state index contributed by atoms with van der Waals surface area (Å²) < 4.78 is 137. The summed E-state index contributed by atoms with van der Waals surface area (Å²) in [6.45, 7) is 0. The van der Waals surface area contributed by atoms with E-state index >= 15 is 0 Å². The van der Waals surface area contributed by atoms with Gasteiger partial charge >= 0.3 is 23.5 Å². The first-order valence-electron chi connectivity index (χ1n) is 3.65. The van der Waals surface area contributed by atoms with Gasteiger partial charge in [0.1, 0.15) is 0 Å². The van der Waals surface area contributed by atoms with Crippen molar-refractivity contribution < 1.29 is 52.3 Å². The Kier molecular flexibility index (Phi) is 4.95. The van der Waals surface area contributed by atoms with Crippen LogP contribution in [0.15, 0.2) is 0 Å². The van der Waals surface area contributed by atoms with Crippen LogP contribution in [0, 0.1) is 0 Å². The van der Waals surface area contributed by atoms with E-state index in [1.807, 2.05) is 0 Å². The van der Waals surface area contributed by atoms with Crippen LogP contribution < -0.4 is 4.13 Å². The van der Waals surface area contributed by atoms with Gasteiger partial charge in [0.25, 0.3) is 10.0 Å². The SMILES string of the molecule is O=S(O)NS(=O)(=O)C(F)(F)C(F)(F)C(F)(F)C(F)F. The van der Waals surface area contributed by atoms with Gasteiger partial charge in [0.2, 0.25) is 11.3 Å². The number of nitrogens with one attached hydrogen (secondary N) is 1. The molecule has 5 nitrogen and oxygen atoms in total. The zero-order chi connectivity index (χ0) is 15.9. The van der Waals surface area contributed by atoms with Gasteiger partial charge in [-0.2, -0.15) is 26.3 Å². The van der Waals surface area contributed by atoms with Gasteiger partial charge in [-0.05, 0) is 0 Å². The maximum absolute atomic E-state index is 12.7. The molecule has 15 heteroatoms. The number of hydrogen-bond acceptors (Lipinski definition) is 3. The third-order valence-corrected chi connectivity index (χ3v) is 3.96. The topological polar surface area (TPSA) is 83.5 Å². The van der Waals surface area contributed by atoms with Crippen molar-refractivity contribution in [3.8, 4) is 0 Å². The quantitative estimate of drug-likeness (QED) is 0.559. The standard InChI is InChI=1S/C4H3F8NO4S2/c5-1(6)2(7,8)3(9,10)4(11,12)19(16,17)13-18(14)15/h1,13H,(H,14,15). The molecule has 0 aliphatic rings. The van der Waals surface area contributed by atoms with E-state index in [4.69, 9.17) is 4.55 Å². The summed E-state index contributed by atoms with van der Waals surface area (Å²) in [5, 5.41) is -6.77. The van der Waals surface area contributed by atoms with Crippen molar-refractivity contribution in [3.63, 3.8) is 0 Å². The Hall–Kier alpha value is -0.540. The molecule has 116 valence electrons. The number of halogens is 8. The lowest BCUT2D eigenvalue weighted by molar-refractivity contribution is -0.314. The van der Waals surface area contributed by atoms with E-state index in [0.29, 0.717) is 0 Å². The molecule has 1 unspecified atom stereocenters. The molecular formula is C4H3F8NO4S2. The average molecular weight is 345 g/mol. The van der Waals surface area contributed by atoms with Crippen molar-refractivity contribution in [2.45, 2.75) is 23.5 Å². The van der Waals surface area contributed by atoms with E-state index in [1.165, 1.54) is 0 Å². The van der Waals surface area contributed by atoms with E-state index in [1.54, 1.807) is 0 Å². The Morgan fingerprint density at radius 2 is 1.42 bits per heavy atom. The highest BCUT2D eigenvalue weighted by atomic mass is 32.3. The van der Waals surface area contributed by atoms with Crippen LogP contribution >= 0.6 is 0 Å². The normalized spacial score (nSPS) is 16.7. The van der Waals surface area contributed by atoms with Crippen molar-refractivity contribution in [1.82, 2.24) is 4.13 Å². The van der Waals surface area contributed by atoms with Crippen molar-refractivity contribution in [1.29, 1.82) is 0 Å². The molecule has 19 heavy (non-hydrogen) atoms. The van der Waals surface area contributed by atoms with Gasteiger partial charge in [-0.15, -0.1) is 4.13 Å². The second-order valence-corrected chi connectivity index (χ2v) is 5.54. The van der Waals surface area contributed by atoms with Crippen LogP contribution in [0.3, 0.4) is 0 Å². The first kappa shape index (κ1) is 18.5. The predicted octanol–water partition coefficient (Wildman–Crippen LogP) is 1.17. The molecule has 0 aliphatic heterocycles. The van der Waals surface area contributed by atoms with Gasteiger partial charge in [0.15, 0.2) is 0 Å². The molecule has 0 aliphatic carbocycles. The Labute approximate surface area is 102 Å². The Balaban J connectivity index is 5.84. The molecule has 0 saturated heterocycles. The number of rotatable bonds is 6. The number of alkyl halides is 8. The monoisotopic (exact) mass is 345 g/mol. The maximum Gasteiger partial charge on any atom is 0.428 e. The molecular weight excluding hydrogens is 342 g/mol. The summed E-state index contributed by atoms with van der Waals surface area (Å²) >= 11 is -3.84. The fourth-order valence-electron chi connectivity index (χ4n) is 0.646. The Morgan fingerprint density at radius 1 is 1.05 bits per heavy atom. The summed E-state index contributed by atoms with van der Waals surface area (Å²) in [6.07, 6.45) is -5.30. The summed E-state index contributed by atoms with van der Waals surface area (Å²) in [7, 11) is -6.83. The Bertz CT molecular complexity index is 461. The Morgan fingerprint density at radius 3 is 1.68 bits per heavy atom. The van der Waals surface area contributed by atoms with Gasteiger partial charge in [-0.25, -0.2) is 21.4 Å². The molecule has 2 N–H and O–H groups in total.